The fraction of sp³-hybridized carbons (Fsp3) is 0.200. The van der Waals surface area contributed by atoms with Crippen LogP contribution in [0, 0.1) is 0 Å². The lowest BCUT2D eigenvalue weighted by Gasteiger charge is -2.11. The van der Waals surface area contributed by atoms with E-state index in [1.54, 1.807) is 5.38 Å². The van der Waals surface area contributed by atoms with Crippen LogP contribution in [0.4, 0.5) is 5.13 Å². The molecule has 0 saturated carbocycles. The molecule has 0 radical (unpaired) electrons. The van der Waals surface area contributed by atoms with Gasteiger partial charge in [-0.25, -0.2) is 9.88 Å². The number of anilines is 1. The van der Waals surface area contributed by atoms with E-state index >= 15 is 0 Å². The van der Waals surface area contributed by atoms with E-state index in [0.29, 0.717) is 0 Å². The molecule has 1 aliphatic heterocycles. The van der Waals surface area contributed by atoms with Gasteiger partial charge in [0.05, 0.1) is 5.92 Å². The van der Waals surface area contributed by atoms with E-state index < -0.39 is 5.92 Å². The zero-order valence-electron chi connectivity index (χ0n) is 11.3. The predicted octanol–water partition coefficient (Wildman–Crippen LogP) is 2.39. The molecule has 0 spiro atoms. The number of ketones is 1. The van der Waals surface area contributed by atoms with Crippen molar-refractivity contribution in [1.82, 2.24) is 4.98 Å². The number of imide groups is 1. The molecule has 2 aromatic rings. The molecule has 2 amide bonds. The first-order chi connectivity index (χ1) is 10.1. The Morgan fingerprint density at radius 1 is 1.29 bits per heavy atom. The van der Waals surface area contributed by atoms with Gasteiger partial charge in [0.2, 0.25) is 11.8 Å². The van der Waals surface area contributed by atoms with Gasteiger partial charge in [0, 0.05) is 18.7 Å². The highest BCUT2D eigenvalue weighted by Crippen LogP contribution is 2.34. The monoisotopic (exact) mass is 300 g/mol. The average molecular weight is 300 g/mol. The number of carbonyl (C=O) groups is 3. The van der Waals surface area contributed by atoms with Crippen LogP contribution in [0.25, 0.3) is 0 Å². The van der Waals surface area contributed by atoms with Gasteiger partial charge < -0.3 is 0 Å². The first-order valence-corrected chi connectivity index (χ1v) is 7.34. The number of amides is 2. The minimum atomic E-state index is -0.469. The van der Waals surface area contributed by atoms with Crippen molar-refractivity contribution in [3.63, 3.8) is 0 Å². The lowest BCUT2D eigenvalue weighted by Crippen LogP contribution is -2.30. The number of hydrogen-bond donors (Lipinski definition) is 0. The van der Waals surface area contributed by atoms with Crippen LogP contribution in [0.5, 0.6) is 0 Å². The van der Waals surface area contributed by atoms with Gasteiger partial charge in [0.15, 0.2) is 10.9 Å². The van der Waals surface area contributed by atoms with Gasteiger partial charge in [-0.15, -0.1) is 11.3 Å². The number of thiazole rings is 1. The molecule has 5 nitrogen and oxygen atoms in total. The second-order valence-electron chi connectivity index (χ2n) is 4.81. The van der Waals surface area contributed by atoms with Crippen molar-refractivity contribution in [2.75, 3.05) is 4.90 Å². The minimum Gasteiger partial charge on any atom is -0.293 e. The van der Waals surface area contributed by atoms with Gasteiger partial charge in [0.1, 0.15) is 5.69 Å². The zero-order valence-corrected chi connectivity index (χ0v) is 12.1. The van der Waals surface area contributed by atoms with Crippen molar-refractivity contribution < 1.29 is 14.4 Å². The van der Waals surface area contributed by atoms with Gasteiger partial charge in [0.25, 0.3) is 0 Å². The van der Waals surface area contributed by atoms with Crippen LogP contribution in [-0.2, 0) is 9.59 Å². The molecule has 6 heteroatoms. The maximum absolute atomic E-state index is 12.5. The summed E-state index contributed by atoms with van der Waals surface area (Å²) in [5.74, 6) is -1.21. The van der Waals surface area contributed by atoms with Crippen molar-refractivity contribution in [2.24, 2.45) is 0 Å². The van der Waals surface area contributed by atoms with E-state index in [4.69, 9.17) is 0 Å². The fourth-order valence-corrected chi connectivity index (χ4v) is 3.19. The summed E-state index contributed by atoms with van der Waals surface area (Å²) in [5, 5.41) is 1.84. The summed E-state index contributed by atoms with van der Waals surface area (Å²) in [6.45, 7) is 1.40. The predicted molar refractivity (Wildman–Crippen MR) is 78.4 cm³/mol. The van der Waals surface area contributed by atoms with E-state index in [1.165, 1.54) is 6.92 Å². The SMILES string of the molecule is CC(=O)c1csc(N2C(=O)CC(c3ccccc3)C2=O)n1. The third-order valence-corrected chi connectivity index (χ3v) is 4.22. The summed E-state index contributed by atoms with van der Waals surface area (Å²) in [5.41, 5.74) is 1.10. The lowest BCUT2D eigenvalue weighted by atomic mass is 9.98. The van der Waals surface area contributed by atoms with Crippen molar-refractivity contribution in [1.29, 1.82) is 0 Å². The topological polar surface area (TPSA) is 67.3 Å². The highest BCUT2D eigenvalue weighted by atomic mass is 32.1. The number of Topliss-reactive ketones (excluding diaryl/α,β-unsaturated/α-hetero) is 1. The molecule has 1 fully saturated rings. The summed E-state index contributed by atoms with van der Waals surface area (Å²) in [6, 6.07) is 9.22. The Kier molecular flexibility index (Phi) is 3.39. The number of carbonyl (C=O) groups excluding carboxylic acids is 3. The zero-order chi connectivity index (χ0) is 15.0. The molecule has 1 aliphatic rings. The minimum absolute atomic E-state index is 0.137. The van der Waals surface area contributed by atoms with E-state index in [0.717, 1.165) is 21.8 Å². The van der Waals surface area contributed by atoms with E-state index in [2.05, 4.69) is 4.98 Å². The van der Waals surface area contributed by atoms with Crippen LogP contribution >= 0.6 is 11.3 Å². The van der Waals surface area contributed by atoms with Gasteiger partial charge in [-0.3, -0.25) is 14.4 Å². The van der Waals surface area contributed by atoms with Gasteiger partial charge in [-0.05, 0) is 5.56 Å². The molecular weight excluding hydrogens is 288 g/mol. The van der Waals surface area contributed by atoms with Crippen LogP contribution in [0.1, 0.15) is 35.3 Å². The maximum Gasteiger partial charge on any atom is 0.243 e. The van der Waals surface area contributed by atoms with E-state index in [9.17, 15) is 14.4 Å². The van der Waals surface area contributed by atoms with Crippen LogP contribution < -0.4 is 4.90 Å². The molecule has 1 aromatic heterocycles. The Labute approximate surface area is 125 Å². The molecule has 0 N–H and O–H groups in total. The average Bonchev–Trinajstić information content (AvgIpc) is 3.05. The summed E-state index contributed by atoms with van der Waals surface area (Å²) in [7, 11) is 0. The molecule has 1 saturated heterocycles. The summed E-state index contributed by atoms with van der Waals surface area (Å²) in [6.07, 6.45) is 0.137. The van der Waals surface area contributed by atoms with Crippen LogP contribution in [0.3, 0.4) is 0 Å². The first kappa shape index (κ1) is 13.6. The van der Waals surface area contributed by atoms with Gasteiger partial charge >= 0.3 is 0 Å². The van der Waals surface area contributed by atoms with Crippen LogP contribution in [-0.4, -0.2) is 22.6 Å². The smallest absolute Gasteiger partial charge is 0.243 e. The van der Waals surface area contributed by atoms with Crippen molar-refractivity contribution in [3.05, 3.63) is 47.0 Å². The third kappa shape index (κ3) is 2.38. The number of nitrogens with zero attached hydrogens (tertiary/aromatic N) is 2. The first-order valence-electron chi connectivity index (χ1n) is 6.46. The summed E-state index contributed by atoms with van der Waals surface area (Å²) < 4.78 is 0. The van der Waals surface area contributed by atoms with Crippen molar-refractivity contribution in [3.8, 4) is 0 Å². The van der Waals surface area contributed by atoms with E-state index in [1.807, 2.05) is 30.3 Å². The Balaban J connectivity index is 1.92. The van der Waals surface area contributed by atoms with Crippen LogP contribution in [0.2, 0.25) is 0 Å². The molecule has 1 unspecified atom stereocenters. The lowest BCUT2D eigenvalue weighted by molar-refractivity contribution is -0.121. The fourth-order valence-electron chi connectivity index (χ4n) is 2.31. The molecule has 106 valence electrons. The second kappa shape index (κ2) is 5.21. The molecule has 0 bridgehead atoms. The standard InChI is InChI=1S/C15H12N2O3S/c1-9(18)12-8-21-15(16-12)17-13(19)7-11(14(17)20)10-5-3-2-4-6-10/h2-6,8,11H,7H2,1H3. The molecule has 1 atom stereocenters. The van der Waals surface area contributed by atoms with E-state index in [-0.39, 0.29) is 34.8 Å². The Bertz CT molecular complexity index is 724. The van der Waals surface area contributed by atoms with Crippen molar-refractivity contribution >= 4 is 34.1 Å². The molecule has 1 aromatic carbocycles. The van der Waals surface area contributed by atoms with Crippen molar-refractivity contribution in [2.45, 2.75) is 19.3 Å². The molecule has 0 aliphatic carbocycles. The number of hydrogen-bond acceptors (Lipinski definition) is 5. The Morgan fingerprint density at radius 3 is 2.62 bits per heavy atom. The highest BCUT2D eigenvalue weighted by Gasteiger charge is 2.41. The largest absolute Gasteiger partial charge is 0.293 e. The molecular formula is C15H12N2O3S. The third-order valence-electron chi connectivity index (χ3n) is 3.39. The van der Waals surface area contributed by atoms with Gasteiger partial charge in [-0.2, -0.15) is 0 Å². The summed E-state index contributed by atoms with van der Waals surface area (Å²) >= 11 is 1.13. The normalized spacial score (nSPS) is 18.3. The molecule has 21 heavy (non-hydrogen) atoms. The second-order valence-corrected chi connectivity index (χ2v) is 5.64. The van der Waals surface area contributed by atoms with Crippen LogP contribution in [0.15, 0.2) is 35.7 Å². The Hall–Kier alpha value is -2.34. The quantitative estimate of drug-likeness (QED) is 0.645. The number of benzene rings is 1. The molecule has 2 heterocycles. The number of rotatable bonds is 3. The summed E-state index contributed by atoms with van der Waals surface area (Å²) in [4.78, 5) is 41.1. The highest BCUT2D eigenvalue weighted by molar-refractivity contribution is 7.14. The maximum atomic E-state index is 12.5. The van der Waals surface area contributed by atoms with Gasteiger partial charge in [-0.1, -0.05) is 30.3 Å². The number of aromatic nitrogens is 1. The Morgan fingerprint density at radius 2 is 2.00 bits per heavy atom. The molecule has 3 rings (SSSR count).